The van der Waals surface area contributed by atoms with E-state index in [1.54, 1.807) is 55.5 Å². The summed E-state index contributed by atoms with van der Waals surface area (Å²) < 4.78 is 22.3. The van der Waals surface area contributed by atoms with Gasteiger partial charge in [0.1, 0.15) is 47.9 Å². The number of rotatable bonds is 20. The van der Waals surface area contributed by atoms with Gasteiger partial charge in [0.25, 0.3) is 0 Å². The van der Waals surface area contributed by atoms with E-state index in [1.165, 1.54) is 24.9 Å². The molecule has 0 unspecified atom stereocenters. The number of nitrogen functional groups attached to an aromatic ring is 1. The highest BCUT2D eigenvalue weighted by molar-refractivity contribution is 7.98. The summed E-state index contributed by atoms with van der Waals surface area (Å²) in [5.41, 5.74) is 19.6. The van der Waals surface area contributed by atoms with Crippen LogP contribution in [0.2, 0.25) is 5.02 Å². The topological polar surface area (TPSA) is 253 Å². The van der Waals surface area contributed by atoms with Gasteiger partial charge in [0.15, 0.2) is 6.10 Å². The van der Waals surface area contributed by atoms with Gasteiger partial charge < -0.3 is 41.1 Å². The van der Waals surface area contributed by atoms with Gasteiger partial charge in [-0.3, -0.25) is 19.2 Å². The summed E-state index contributed by atoms with van der Waals surface area (Å²) in [4.78, 5) is 61.0. The van der Waals surface area contributed by atoms with Gasteiger partial charge in [-0.2, -0.15) is 5.26 Å². The third-order valence-electron chi connectivity index (χ3n) is 8.05. The van der Waals surface area contributed by atoms with Crippen molar-refractivity contribution < 1.29 is 37.8 Å². The number of Topliss-reactive ketones (excluding diaryl/α,β-unsaturated/α-hetero) is 1. The van der Waals surface area contributed by atoms with Crippen LogP contribution in [0.25, 0.3) is 27.4 Å². The zero-order chi connectivity index (χ0) is 41.5. The largest absolute Gasteiger partial charge is 0.490 e. The van der Waals surface area contributed by atoms with Gasteiger partial charge >= 0.3 is 11.9 Å². The summed E-state index contributed by atoms with van der Waals surface area (Å²) in [6, 6.07) is 14.3. The number of hydrogen-bond donors (Lipinski definition) is 4. The summed E-state index contributed by atoms with van der Waals surface area (Å²) in [5, 5.41) is 13.7. The molecule has 0 aliphatic heterocycles. The molecule has 18 heteroatoms. The van der Waals surface area contributed by atoms with E-state index < -0.39 is 36.0 Å². The predicted molar refractivity (Wildman–Crippen MR) is 212 cm³/mol. The lowest BCUT2D eigenvalue weighted by atomic mass is 10.00. The van der Waals surface area contributed by atoms with E-state index in [9.17, 15) is 24.4 Å². The summed E-state index contributed by atoms with van der Waals surface area (Å²) in [6.45, 7) is 10.3. The van der Waals surface area contributed by atoms with E-state index in [4.69, 9.17) is 54.0 Å². The number of halogens is 1. The molecule has 4 aromatic rings. The molecule has 16 nitrogen and oxygen atoms in total. The summed E-state index contributed by atoms with van der Waals surface area (Å²) in [6.07, 6.45) is 0.562. The number of amides is 1. The van der Waals surface area contributed by atoms with E-state index in [2.05, 4.69) is 26.2 Å². The van der Waals surface area contributed by atoms with Gasteiger partial charge in [-0.1, -0.05) is 35.5 Å². The van der Waals surface area contributed by atoms with Crippen molar-refractivity contribution in [3.8, 4) is 34.4 Å². The Balaban J connectivity index is 1.45. The van der Waals surface area contributed by atoms with Crippen LogP contribution in [-0.4, -0.2) is 71.5 Å². The second kappa shape index (κ2) is 21.4. The maximum Gasteiger partial charge on any atom is 0.307 e. The highest BCUT2D eigenvalue weighted by Gasteiger charge is 2.23. The fourth-order valence-electron chi connectivity index (χ4n) is 5.02. The number of aromatic nitrogens is 2. The Hall–Kier alpha value is -5.98. The molecular weight excluding hydrogens is 776 g/mol. The molecule has 0 saturated heterocycles. The van der Waals surface area contributed by atoms with Gasteiger partial charge in [-0.05, 0) is 62.2 Å². The molecule has 0 bridgehead atoms. The number of ether oxygens (including phenoxy) is 3. The fourth-order valence-corrected chi connectivity index (χ4v) is 6.02. The minimum absolute atomic E-state index is 0.000293. The molecular formula is C39H41ClN8O8S. The van der Waals surface area contributed by atoms with Crippen molar-refractivity contribution in [2.45, 2.75) is 68.5 Å². The highest BCUT2D eigenvalue weighted by Crippen LogP contribution is 2.42. The van der Waals surface area contributed by atoms with Crippen molar-refractivity contribution >= 4 is 58.5 Å². The summed E-state index contributed by atoms with van der Waals surface area (Å²) in [5.74, 6) is -0.949. The second-order valence-electron chi connectivity index (χ2n) is 12.6. The van der Waals surface area contributed by atoms with Crippen LogP contribution in [0.5, 0.6) is 5.75 Å². The van der Waals surface area contributed by atoms with Crippen molar-refractivity contribution in [1.82, 2.24) is 15.3 Å². The van der Waals surface area contributed by atoms with Gasteiger partial charge in [-0.15, -0.1) is 0 Å². The zero-order valence-corrected chi connectivity index (χ0v) is 32.7. The Kier molecular flexibility index (Phi) is 16.4. The molecule has 0 aliphatic rings. The van der Waals surface area contributed by atoms with Crippen LogP contribution in [0.4, 0.5) is 11.5 Å². The molecule has 298 valence electrons. The summed E-state index contributed by atoms with van der Waals surface area (Å²) >= 11 is 7.20. The lowest BCUT2D eigenvalue weighted by molar-refractivity contribution is -0.161. The number of ketones is 1. The Labute approximate surface area is 338 Å². The first-order chi connectivity index (χ1) is 27.3. The van der Waals surface area contributed by atoms with E-state index in [0.29, 0.717) is 32.9 Å². The van der Waals surface area contributed by atoms with Gasteiger partial charge in [-0.25, -0.2) is 14.8 Å². The first-order valence-corrected chi connectivity index (χ1v) is 19.0. The van der Waals surface area contributed by atoms with Crippen LogP contribution in [0.3, 0.4) is 0 Å². The highest BCUT2D eigenvalue weighted by atomic mass is 35.5. The Morgan fingerprint density at radius 1 is 0.982 bits per heavy atom. The third kappa shape index (κ3) is 13.0. The maximum atomic E-state index is 12.6. The number of nitrogens with two attached hydrogens (primary N) is 3. The van der Waals surface area contributed by atoms with Crippen molar-refractivity contribution in [3.05, 3.63) is 82.5 Å². The van der Waals surface area contributed by atoms with Gasteiger partial charge in [0, 0.05) is 41.3 Å². The maximum absolute atomic E-state index is 12.6. The van der Waals surface area contributed by atoms with Crippen molar-refractivity contribution in [1.29, 1.82) is 5.26 Å². The van der Waals surface area contributed by atoms with Crippen molar-refractivity contribution in [2.75, 3.05) is 25.5 Å². The number of thioether (sulfide) groups is 1. The molecule has 0 fully saturated rings. The minimum Gasteiger partial charge on any atom is -0.490 e. The quantitative estimate of drug-likeness (QED) is 0.0513. The van der Waals surface area contributed by atoms with Crippen LogP contribution in [0.15, 0.2) is 64.2 Å². The molecule has 57 heavy (non-hydrogen) atoms. The number of nitrogens with zero attached hydrogens (tertiary/aromatic N) is 4. The fraction of sp³-hybridized carbons (Fsp3) is 0.333. The van der Waals surface area contributed by atoms with Crippen LogP contribution in [-0.2, 0) is 34.4 Å². The normalized spacial score (nSPS) is 12.3. The lowest BCUT2D eigenvalue weighted by Crippen LogP contribution is -2.39. The van der Waals surface area contributed by atoms with E-state index >= 15 is 0 Å². The molecule has 7 N–H and O–H groups in total. The van der Waals surface area contributed by atoms with Gasteiger partial charge in [0.05, 0.1) is 36.3 Å². The Morgan fingerprint density at radius 3 is 2.33 bits per heavy atom. The number of anilines is 1. The molecule has 3 atom stereocenters. The van der Waals surface area contributed by atoms with E-state index in [-0.39, 0.29) is 79.6 Å². The minimum atomic E-state index is -1.03. The average Bonchev–Trinajstić information content (AvgIpc) is 3.67. The van der Waals surface area contributed by atoms with Crippen LogP contribution in [0.1, 0.15) is 50.8 Å². The van der Waals surface area contributed by atoms with Crippen LogP contribution in [0, 0.1) is 17.9 Å². The third-order valence-corrected chi connectivity index (χ3v) is 9.31. The van der Waals surface area contributed by atoms with Crippen molar-refractivity contribution in [3.63, 3.8) is 0 Å². The number of nitrogens with one attached hydrogen (secondary N) is 1. The number of carbonyl (C=O) groups excluding carboxylic acids is 4. The molecule has 0 aliphatic carbocycles. The van der Waals surface area contributed by atoms with E-state index in [0.717, 1.165) is 5.56 Å². The number of nitriles is 1. The summed E-state index contributed by atoms with van der Waals surface area (Å²) in [7, 11) is 0. The van der Waals surface area contributed by atoms with Gasteiger partial charge in [0.2, 0.25) is 17.5 Å². The standard InChI is InChI=1S/C39H41ClN8O8S/c1-22(42)31(49)5-4-6-33(51)56-29(20-54-32(50)15-16-46-37(52)23(2)43)19-53-28-13-9-24(10-14-28)34-30(17-41)39(48-36(44)35(34)45-3)57-21-27-18-55-38(47-27)25-7-11-26(40)12-8-25/h7-14,18,22-23,29H,4-6,15-16,19-21,42-43H2,1-2H3,(H2,44,48)(H,46,52)/t22-,23-,29-/m0/s1. The van der Waals surface area contributed by atoms with E-state index in [1.807, 2.05) is 0 Å². The molecule has 0 saturated carbocycles. The molecule has 2 aromatic heterocycles. The van der Waals surface area contributed by atoms with Crippen molar-refractivity contribution in [2.24, 2.45) is 11.5 Å². The molecule has 0 spiro atoms. The van der Waals surface area contributed by atoms with Crippen LogP contribution < -0.4 is 27.3 Å². The first kappa shape index (κ1) is 43.7. The zero-order valence-electron chi connectivity index (χ0n) is 31.2. The molecule has 4 rings (SSSR count). The SMILES string of the molecule is [C-]#[N+]c1c(N)nc(SCc2coc(-c3ccc(Cl)cc3)n2)c(C#N)c1-c1ccc(OC[C@@H](COC(=O)CCNC(=O)[C@H](C)N)OC(=O)CCCC(=O)[C@H](C)N)cc1. The Bertz CT molecular complexity index is 2130. The smallest absolute Gasteiger partial charge is 0.307 e. The monoisotopic (exact) mass is 816 g/mol. The average molecular weight is 817 g/mol. The molecule has 2 aromatic carbocycles. The number of pyridine rings is 1. The number of hydrogen-bond acceptors (Lipinski definition) is 15. The number of carbonyl (C=O) groups is 4. The number of esters is 2. The number of benzene rings is 2. The second-order valence-corrected chi connectivity index (χ2v) is 14.0. The number of oxazole rings is 1. The first-order valence-electron chi connectivity index (χ1n) is 17.6. The Morgan fingerprint density at radius 2 is 1.68 bits per heavy atom. The molecule has 1 amide bonds. The van der Waals surface area contributed by atoms with Crippen LogP contribution >= 0.6 is 23.4 Å². The molecule has 0 radical (unpaired) electrons. The molecule has 2 heterocycles. The lowest BCUT2D eigenvalue weighted by Gasteiger charge is -2.19. The predicted octanol–water partition coefficient (Wildman–Crippen LogP) is 5.13.